The third kappa shape index (κ3) is 5.52. The van der Waals surface area contributed by atoms with Crippen molar-refractivity contribution in [3.05, 3.63) is 70.4 Å². The lowest BCUT2D eigenvalue weighted by Gasteiger charge is -2.15. The Morgan fingerprint density at radius 3 is 2.42 bits per heavy atom. The van der Waals surface area contributed by atoms with Crippen LogP contribution in [0, 0.1) is 12.8 Å². The number of Topliss-reactive ketones (excluding diaryl/α,β-unsaturated/α-hetero) is 1. The average Bonchev–Trinajstić information content (AvgIpc) is 3.08. The summed E-state index contributed by atoms with van der Waals surface area (Å²) < 4.78 is 10.9. The van der Waals surface area contributed by atoms with E-state index in [2.05, 4.69) is 10.5 Å². The van der Waals surface area contributed by atoms with Gasteiger partial charge in [-0.15, -0.1) is 0 Å². The predicted octanol–water partition coefficient (Wildman–Crippen LogP) is 6.38. The molecule has 1 aromatic heterocycles. The number of halogens is 1. The normalized spacial score (nSPS) is 11.9. The van der Waals surface area contributed by atoms with Crippen LogP contribution in [0.2, 0.25) is 5.02 Å². The number of nitrogens with one attached hydrogen (secondary N) is 1. The highest BCUT2D eigenvalue weighted by Gasteiger charge is 2.20. The summed E-state index contributed by atoms with van der Waals surface area (Å²) in [4.78, 5) is 24.5. The quantitative estimate of drug-likeness (QED) is 0.460. The van der Waals surface area contributed by atoms with E-state index < -0.39 is 12.2 Å². The summed E-state index contributed by atoms with van der Waals surface area (Å²) in [6.45, 7) is 7.25. The van der Waals surface area contributed by atoms with Crippen molar-refractivity contribution in [1.82, 2.24) is 5.16 Å². The molecule has 0 saturated heterocycles. The maximum atomic E-state index is 12.5. The van der Waals surface area contributed by atoms with E-state index in [0.29, 0.717) is 34.1 Å². The van der Waals surface area contributed by atoms with Crippen LogP contribution < -0.4 is 5.32 Å². The van der Waals surface area contributed by atoms with E-state index in [1.54, 1.807) is 19.9 Å². The van der Waals surface area contributed by atoms with Gasteiger partial charge in [0.15, 0.2) is 5.76 Å². The number of benzene rings is 2. The fraction of sp³-hybridized carbons (Fsp3) is 0.292. The first-order valence-corrected chi connectivity index (χ1v) is 10.4. The standard InChI is InChI=1S/C24H25ClN2O4/c1-14(2)21(28)13-17-9-11-18(12-10-17)23-22(15(3)27-31-23)26-24(29)30-16(4)19-7-5-6-8-20(19)25/h5-12,14,16H,13H2,1-4H3,(H,26,29). The minimum atomic E-state index is -0.640. The minimum Gasteiger partial charge on any atom is -0.441 e. The molecule has 162 valence electrons. The number of ketones is 1. The molecule has 3 aromatic rings. The molecule has 0 radical (unpaired) electrons. The zero-order valence-electron chi connectivity index (χ0n) is 17.9. The van der Waals surface area contributed by atoms with Crippen molar-refractivity contribution in [2.24, 2.45) is 5.92 Å². The Kier molecular flexibility index (Phi) is 7.13. The van der Waals surface area contributed by atoms with E-state index in [-0.39, 0.29) is 11.7 Å². The van der Waals surface area contributed by atoms with Gasteiger partial charge in [0.1, 0.15) is 23.3 Å². The molecule has 0 aliphatic heterocycles. The summed E-state index contributed by atoms with van der Waals surface area (Å²) in [6, 6.07) is 14.6. The van der Waals surface area contributed by atoms with Crippen molar-refractivity contribution in [1.29, 1.82) is 0 Å². The molecule has 0 bridgehead atoms. The van der Waals surface area contributed by atoms with Gasteiger partial charge in [-0.1, -0.05) is 73.1 Å². The fourth-order valence-electron chi connectivity index (χ4n) is 3.05. The third-order valence-electron chi connectivity index (χ3n) is 4.96. The van der Waals surface area contributed by atoms with Crippen molar-refractivity contribution in [2.45, 2.75) is 40.2 Å². The summed E-state index contributed by atoms with van der Waals surface area (Å²) in [5, 5.41) is 7.22. The molecule has 0 spiro atoms. The SMILES string of the molecule is Cc1noc(-c2ccc(CC(=O)C(C)C)cc2)c1NC(=O)OC(C)c1ccccc1Cl. The van der Waals surface area contributed by atoms with Crippen LogP contribution in [0.25, 0.3) is 11.3 Å². The molecule has 1 atom stereocenters. The molecule has 0 aliphatic carbocycles. The van der Waals surface area contributed by atoms with Crippen molar-refractivity contribution in [2.75, 3.05) is 5.32 Å². The number of anilines is 1. The van der Waals surface area contributed by atoms with Gasteiger partial charge >= 0.3 is 6.09 Å². The number of hydrogen-bond acceptors (Lipinski definition) is 5. The summed E-state index contributed by atoms with van der Waals surface area (Å²) in [5.74, 6) is 0.592. The summed E-state index contributed by atoms with van der Waals surface area (Å²) >= 11 is 6.18. The van der Waals surface area contributed by atoms with Gasteiger partial charge in [0.2, 0.25) is 0 Å². The van der Waals surface area contributed by atoms with Gasteiger partial charge in [0.05, 0.1) is 0 Å². The summed E-state index contributed by atoms with van der Waals surface area (Å²) in [5.41, 5.74) is 3.32. The number of rotatable bonds is 7. The predicted molar refractivity (Wildman–Crippen MR) is 120 cm³/mol. The number of aromatic nitrogens is 1. The van der Waals surface area contributed by atoms with Crippen LogP contribution in [0.1, 0.15) is 43.7 Å². The number of hydrogen-bond donors (Lipinski definition) is 1. The first-order chi connectivity index (χ1) is 14.8. The first-order valence-electron chi connectivity index (χ1n) is 10.1. The number of ether oxygens (including phenoxy) is 1. The minimum absolute atomic E-state index is 0.00780. The number of aryl methyl sites for hydroxylation is 1. The molecule has 7 heteroatoms. The van der Waals surface area contributed by atoms with Crippen LogP contribution >= 0.6 is 11.6 Å². The molecule has 2 aromatic carbocycles. The molecule has 1 N–H and O–H groups in total. The first kappa shape index (κ1) is 22.6. The lowest BCUT2D eigenvalue weighted by atomic mass is 9.99. The molecule has 3 rings (SSSR count). The van der Waals surface area contributed by atoms with Gasteiger partial charge < -0.3 is 9.26 Å². The summed E-state index contributed by atoms with van der Waals surface area (Å²) in [6.07, 6.45) is -0.792. The average molecular weight is 441 g/mol. The molecule has 31 heavy (non-hydrogen) atoms. The van der Waals surface area contributed by atoms with Crippen LogP contribution in [0.4, 0.5) is 10.5 Å². The molecule has 0 fully saturated rings. The maximum absolute atomic E-state index is 12.5. The second-order valence-electron chi connectivity index (χ2n) is 7.66. The van der Waals surface area contributed by atoms with Gasteiger partial charge in [0, 0.05) is 28.5 Å². The van der Waals surface area contributed by atoms with E-state index in [0.717, 1.165) is 11.1 Å². The Morgan fingerprint density at radius 2 is 1.77 bits per heavy atom. The Morgan fingerprint density at radius 1 is 1.10 bits per heavy atom. The zero-order chi connectivity index (χ0) is 22.5. The molecule has 6 nitrogen and oxygen atoms in total. The number of carbonyl (C=O) groups excluding carboxylic acids is 2. The fourth-order valence-corrected chi connectivity index (χ4v) is 3.34. The van der Waals surface area contributed by atoms with Gasteiger partial charge in [-0.2, -0.15) is 0 Å². The highest BCUT2D eigenvalue weighted by molar-refractivity contribution is 6.31. The molecule has 0 aliphatic rings. The highest BCUT2D eigenvalue weighted by atomic mass is 35.5. The van der Waals surface area contributed by atoms with Crippen LogP contribution in [0.3, 0.4) is 0 Å². The maximum Gasteiger partial charge on any atom is 0.412 e. The van der Waals surface area contributed by atoms with Gasteiger partial charge in [-0.3, -0.25) is 10.1 Å². The second kappa shape index (κ2) is 9.79. The molecule has 1 unspecified atom stereocenters. The molecule has 0 saturated carbocycles. The third-order valence-corrected chi connectivity index (χ3v) is 5.30. The molecule has 1 heterocycles. The molecule has 1 amide bonds. The number of carbonyl (C=O) groups is 2. The van der Waals surface area contributed by atoms with Crippen LogP contribution in [-0.4, -0.2) is 17.0 Å². The van der Waals surface area contributed by atoms with Crippen LogP contribution in [-0.2, 0) is 16.0 Å². The Bertz CT molecular complexity index is 1070. The van der Waals surface area contributed by atoms with E-state index in [9.17, 15) is 9.59 Å². The van der Waals surface area contributed by atoms with Crippen molar-refractivity contribution in [3.8, 4) is 11.3 Å². The molecular formula is C24H25ClN2O4. The Hall–Kier alpha value is -3.12. The van der Waals surface area contributed by atoms with Crippen molar-refractivity contribution < 1.29 is 18.8 Å². The smallest absolute Gasteiger partial charge is 0.412 e. The second-order valence-corrected chi connectivity index (χ2v) is 8.07. The highest BCUT2D eigenvalue weighted by Crippen LogP contribution is 2.32. The van der Waals surface area contributed by atoms with Crippen molar-refractivity contribution >= 4 is 29.2 Å². The van der Waals surface area contributed by atoms with Crippen molar-refractivity contribution in [3.63, 3.8) is 0 Å². The van der Waals surface area contributed by atoms with Crippen LogP contribution in [0.15, 0.2) is 53.1 Å². The largest absolute Gasteiger partial charge is 0.441 e. The topological polar surface area (TPSA) is 81.4 Å². The van der Waals surface area contributed by atoms with E-state index >= 15 is 0 Å². The number of nitrogens with zero attached hydrogens (tertiary/aromatic N) is 1. The Labute approximate surface area is 186 Å². The zero-order valence-corrected chi connectivity index (χ0v) is 18.7. The molecular weight excluding hydrogens is 416 g/mol. The lowest BCUT2D eigenvalue weighted by Crippen LogP contribution is -2.17. The van der Waals surface area contributed by atoms with Crippen LogP contribution in [0.5, 0.6) is 0 Å². The van der Waals surface area contributed by atoms with Gasteiger partial charge in [0.25, 0.3) is 0 Å². The van der Waals surface area contributed by atoms with Gasteiger partial charge in [-0.25, -0.2) is 4.79 Å². The Balaban J connectivity index is 1.73. The van der Waals surface area contributed by atoms with E-state index in [1.165, 1.54) is 0 Å². The van der Waals surface area contributed by atoms with E-state index in [4.69, 9.17) is 20.9 Å². The van der Waals surface area contributed by atoms with Gasteiger partial charge in [-0.05, 0) is 25.5 Å². The lowest BCUT2D eigenvalue weighted by molar-refractivity contribution is -0.121. The summed E-state index contributed by atoms with van der Waals surface area (Å²) in [7, 11) is 0. The van der Waals surface area contributed by atoms with E-state index in [1.807, 2.05) is 56.3 Å². The monoisotopic (exact) mass is 440 g/mol. The number of amides is 1.